The zero-order valence-electron chi connectivity index (χ0n) is 27.4. The second-order valence-corrected chi connectivity index (χ2v) is 12.9. The molecule has 2 fully saturated rings. The third-order valence-electron chi connectivity index (χ3n) is 9.05. The van der Waals surface area contributed by atoms with Gasteiger partial charge in [-0.05, 0) is 98.3 Å². The van der Waals surface area contributed by atoms with Gasteiger partial charge in [0.25, 0.3) is 5.91 Å². The summed E-state index contributed by atoms with van der Waals surface area (Å²) >= 11 is 0. The molecule has 0 spiro atoms. The maximum Gasteiger partial charge on any atom is 0.416 e. The van der Waals surface area contributed by atoms with Gasteiger partial charge in [-0.3, -0.25) is 9.69 Å². The monoisotopic (exact) mass is 672 g/mol. The molecular formula is C39H39F3N2O5. The Morgan fingerprint density at radius 3 is 2.18 bits per heavy atom. The number of nitrogens with zero attached hydrogens (tertiary/aromatic N) is 1. The number of hydrogen-bond donors (Lipinski definition) is 1. The molecule has 2 saturated heterocycles. The van der Waals surface area contributed by atoms with Crippen LogP contribution in [0.4, 0.5) is 18.9 Å². The normalized spacial score (nSPS) is 18.9. The number of anilines is 1. The number of amides is 1. The first kappa shape index (κ1) is 34.4. The zero-order chi connectivity index (χ0) is 34.6. The van der Waals surface area contributed by atoms with Gasteiger partial charge in [0.05, 0.1) is 12.2 Å². The van der Waals surface area contributed by atoms with Gasteiger partial charge in [-0.25, -0.2) is 4.79 Å². The summed E-state index contributed by atoms with van der Waals surface area (Å²) < 4.78 is 56.4. The van der Waals surface area contributed by atoms with Crippen LogP contribution in [0.5, 0.6) is 0 Å². The molecule has 1 N–H and O–H groups in total. The SMILES string of the molecule is CC1(C)OCC(COC(=O)C(c2ccccc2)N2CCC(c3ccc(NC(=O)c4ccccc4-c4ccc(C(F)(F)F)cc4)cc3)CC2)O1. The lowest BCUT2D eigenvalue weighted by atomic mass is 9.88. The first-order chi connectivity index (χ1) is 23.5. The van der Waals surface area contributed by atoms with Crippen molar-refractivity contribution in [3.05, 3.63) is 125 Å². The highest BCUT2D eigenvalue weighted by Gasteiger charge is 2.36. The second-order valence-electron chi connectivity index (χ2n) is 12.9. The summed E-state index contributed by atoms with van der Waals surface area (Å²) in [6.07, 6.45) is -3.05. The van der Waals surface area contributed by atoms with E-state index in [1.54, 1.807) is 24.3 Å². The minimum atomic E-state index is -4.43. The van der Waals surface area contributed by atoms with Gasteiger partial charge in [0, 0.05) is 11.3 Å². The van der Waals surface area contributed by atoms with E-state index in [4.69, 9.17) is 14.2 Å². The van der Waals surface area contributed by atoms with Gasteiger partial charge >= 0.3 is 12.1 Å². The minimum absolute atomic E-state index is 0.131. The molecule has 2 atom stereocenters. The fraction of sp³-hybridized carbons (Fsp3) is 0.333. The van der Waals surface area contributed by atoms with Crippen LogP contribution in [-0.2, 0) is 25.2 Å². The molecule has 6 rings (SSSR count). The summed E-state index contributed by atoms with van der Waals surface area (Å²) in [6.45, 7) is 5.59. The van der Waals surface area contributed by atoms with E-state index in [0.717, 1.165) is 36.1 Å². The molecule has 4 aromatic rings. The molecule has 2 unspecified atom stereocenters. The molecule has 49 heavy (non-hydrogen) atoms. The van der Waals surface area contributed by atoms with E-state index in [-0.39, 0.29) is 30.5 Å². The van der Waals surface area contributed by atoms with Crippen molar-refractivity contribution in [2.24, 2.45) is 0 Å². The Labute approximate surface area is 284 Å². The lowest BCUT2D eigenvalue weighted by Crippen LogP contribution is -2.41. The van der Waals surface area contributed by atoms with Crippen LogP contribution >= 0.6 is 0 Å². The largest absolute Gasteiger partial charge is 0.461 e. The van der Waals surface area contributed by atoms with Crippen LogP contribution in [0.25, 0.3) is 11.1 Å². The van der Waals surface area contributed by atoms with Gasteiger partial charge in [-0.15, -0.1) is 0 Å². The maximum absolute atomic E-state index is 13.5. The van der Waals surface area contributed by atoms with Crippen LogP contribution in [0.1, 0.15) is 65.7 Å². The van der Waals surface area contributed by atoms with Crippen molar-refractivity contribution in [1.29, 1.82) is 0 Å². The number of alkyl halides is 3. The fourth-order valence-electron chi connectivity index (χ4n) is 6.53. The van der Waals surface area contributed by atoms with Gasteiger partial charge in [0.15, 0.2) is 5.79 Å². The third kappa shape index (κ3) is 8.39. The lowest BCUT2D eigenvalue weighted by Gasteiger charge is -2.37. The lowest BCUT2D eigenvalue weighted by molar-refractivity contribution is -0.163. The van der Waals surface area contributed by atoms with Crippen molar-refractivity contribution in [3.63, 3.8) is 0 Å². The van der Waals surface area contributed by atoms with Gasteiger partial charge in [0.2, 0.25) is 0 Å². The number of nitrogens with one attached hydrogen (secondary N) is 1. The number of esters is 1. The number of carbonyl (C=O) groups excluding carboxylic acids is 2. The molecule has 0 bridgehead atoms. The molecule has 0 saturated carbocycles. The van der Waals surface area contributed by atoms with Crippen molar-refractivity contribution in [3.8, 4) is 11.1 Å². The molecule has 10 heteroatoms. The molecule has 0 radical (unpaired) electrons. The smallest absolute Gasteiger partial charge is 0.416 e. The Kier molecular flexibility index (Phi) is 10.2. The quantitative estimate of drug-likeness (QED) is 0.181. The molecule has 1 amide bonds. The highest BCUT2D eigenvalue weighted by Crippen LogP contribution is 2.35. The Morgan fingerprint density at radius 2 is 1.55 bits per heavy atom. The number of piperidine rings is 1. The predicted octanol–water partition coefficient (Wildman–Crippen LogP) is 8.24. The van der Waals surface area contributed by atoms with Gasteiger partial charge in [-0.2, -0.15) is 13.2 Å². The van der Waals surface area contributed by atoms with Crippen molar-refractivity contribution in [2.75, 3.05) is 31.6 Å². The van der Waals surface area contributed by atoms with Gasteiger partial charge in [-0.1, -0.05) is 72.8 Å². The molecule has 2 aliphatic rings. The van der Waals surface area contributed by atoms with Gasteiger partial charge in [0.1, 0.15) is 18.8 Å². The van der Waals surface area contributed by atoms with E-state index >= 15 is 0 Å². The number of hydrogen-bond acceptors (Lipinski definition) is 6. The van der Waals surface area contributed by atoms with E-state index in [0.29, 0.717) is 42.1 Å². The topological polar surface area (TPSA) is 77.1 Å². The van der Waals surface area contributed by atoms with Crippen LogP contribution in [0.3, 0.4) is 0 Å². The van der Waals surface area contributed by atoms with E-state index in [2.05, 4.69) is 10.2 Å². The summed E-state index contributed by atoms with van der Waals surface area (Å²) in [5, 5.41) is 2.93. The standard InChI is InChI=1S/C39H39F3N2O5/c1-38(2)48-25-32(49-38)24-47-37(46)35(29-8-4-3-5-9-29)44-22-20-27(21-23-44)26-14-18-31(19-15-26)43-36(45)34-11-7-6-10-33(34)28-12-16-30(17-13-28)39(40,41)42/h3-19,27,32,35H,20-25H2,1-2H3,(H,43,45). The summed E-state index contributed by atoms with van der Waals surface area (Å²) in [5.41, 5.74) is 3.31. The average Bonchev–Trinajstić information content (AvgIpc) is 3.46. The number of halogens is 3. The zero-order valence-corrected chi connectivity index (χ0v) is 27.4. The number of carbonyl (C=O) groups is 2. The highest BCUT2D eigenvalue weighted by atomic mass is 19.4. The van der Waals surface area contributed by atoms with Crippen molar-refractivity contribution >= 4 is 17.6 Å². The minimum Gasteiger partial charge on any atom is -0.461 e. The van der Waals surface area contributed by atoms with E-state index in [1.165, 1.54) is 12.1 Å². The molecular weight excluding hydrogens is 633 g/mol. The highest BCUT2D eigenvalue weighted by molar-refractivity contribution is 6.08. The van der Waals surface area contributed by atoms with Crippen LogP contribution in [0, 0.1) is 0 Å². The van der Waals surface area contributed by atoms with E-state index < -0.39 is 23.6 Å². The van der Waals surface area contributed by atoms with E-state index in [9.17, 15) is 22.8 Å². The Bertz CT molecular complexity index is 1740. The first-order valence-electron chi connectivity index (χ1n) is 16.4. The fourth-order valence-corrected chi connectivity index (χ4v) is 6.53. The Balaban J connectivity index is 1.07. The van der Waals surface area contributed by atoms with Crippen LogP contribution < -0.4 is 5.32 Å². The van der Waals surface area contributed by atoms with Crippen molar-refractivity contribution < 1.29 is 37.0 Å². The number of rotatable bonds is 9. The van der Waals surface area contributed by atoms with Gasteiger partial charge < -0.3 is 19.5 Å². The molecule has 256 valence electrons. The predicted molar refractivity (Wildman–Crippen MR) is 180 cm³/mol. The Morgan fingerprint density at radius 1 is 0.898 bits per heavy atom. The number of likely N-dealkylation sites (tertiary alicyclic amines) is 1. The van der Waals surface area contributed by atoms with Crippen LogP contribution in [0.2, 0.25) is 0 Å². The summed E-state index contributed by atoms with van der Waals surface area (Å²) in [4.78, 5) is 28.9. The molecule has 0 aliphatic carbocycles. The third-order valence-corrected chi connectivity index (χ3v) is 9.05. The Hall–Kier alpha value is -4.51. The summed E-state index contributed by atoms with van der Waals surface area (Å²) in [7, 11) is 0. The maximum atomic E-state index is 13.5. The van der Waals surface area contributed by atoms with Crippen LogP contribution in [0.15, 0.2) is 103 Å². The van der Waals surface area contributed by atoms with Crippen molar-refractivity contribution in [2.45, 2.75) is 56.7 Å². The molecule has 2 aliphatic heterocycles. The molecule has 4 aromatic carbocycles. The average molecular weight is 673 g/mol. The van der Waals surface area contributed by atoms with Crippen molar-refractivity contribution in [1.82, 2.24) is 4.90 Å². The second kappa shape index (κ2) is 14.5. The van der Waals surface area contributed by atoms with E-state index in [1.807, 2.05) is 68.4 Å². The molecule has 7 nitrogen and oxygen atoms in total. The summed E-state index contributed by atoms with van der Waals surface area (Å²) in [5.74, 6) is -1.07. The number of ether oxygens (including phenoxy) is 3. The number of benzene rings is 4. The summed E-state index contributed by atoms with van der Waals surface area (Å²) in [6, 6.07) is 28.5. The van der Waals surface area contributed by atoms with Crippen LogP contribution in [-0.4, -0.2) is 55.0 Å². The molecule has 2 heterocycles. The first-order valence-corrected chi connectivity index (χ1v) is 16.4. The molecule has 0 aromatic heterocycles.